The molecule has 0 bridgehead atoms. The molecule has 4 nitrogen and oxygen atoms in total. The van der Waals surface area contributed by atoms with Crippen LogP contribution in [0.2, 0.25) is 0 Å². The van der Waals surface area contributed by atoms with Gasteiger partial charge < -0.3 is 14.6 Å². The molecule has 0 aliphatic heterocycles. The van der Waals surface area contributed by atoms with Gasteiger partial charge in [-0.15, -0.1) is 0 Å². The highest BCUT2D eigenvalue weighted by atomic mass is 16.3. The van der Waals surface area contributed by atoms with Crippen LogP contribution < -0.4 is 4.90 Å². The van der Waals surface area contributed by atoms with Crippen LogP contribution in [-0.2, 0) is 6.54 Å². The molecule has 0 saturated carbocycles. The Hall–Kier alpha value is -1.65. The number of hydrogen-bond donors (Lipinski definition) is 2. The Morgan fingerprint density at radius 1 is 1.39 bits per heavy atom. The molecule has 4 heteroatoms. The molecule has 0 aliphatic rings. The van der Waals surface area contributed by atoms with E-state index in [1.807, 2.05) is 49.1 Å². The lowest BCUT2D eigenvalue weighted by Gasteiger charge is -2.14. The molecule has 1 aromatic heterocycles. The van der Waals surface area contributed by atoms with Crippen molar-refractivity contribution in [2.75, 3.05) is 20.6 Å². The van der Waals surface area contributed by atoms with Gasteiger partial charge in [-0.25, -0.2) is 0 Å². The van der Waals surface area contributed by atoms with E-state index in [0.717, 1.165) is 17.2 Å². The fraction of sp³-hybridized carbons (Fsp3) is 0.357. The molecule has 0 unspecified atom stereocenters. The van der Waals surface area contributed by atoms with E-state index in [0.29, 0.717) is 18.7 Å². The molecule has 1 heterocycles. The average molecular weight is 247 g/mol. The number of rotatable bonds is 5. The molecule has 2 N–H and O–H groups in total. The number of fused-ring (bicyclic) bond motifs is 1. The van der Waals surface area contributed by atoms with Crippen LogP contribution in [0.4, 0.5) is 0 Å². The lowest BCUT2D eigenvalue weighted by Crippen LogP contribution is -3.07. The van der Waals surface area contributed by atoms with Crippen molar-refractivity contribution in [1.82, 2.24) is 4.57 Å². The van der Waals surface area contributed by atoms with E-state index in [4.69, 9.17) is 0 Å². The number of aldehydes is 1. The van der Waals surface area contributed by atoms with Gasteiger partial charge in [0.15, 0.2) is 6.29 Å². The number of aromatic nitrogens is 1. The lowest BCUT2D eigenvalue weighted by molar-refractivity contribution is -0.861. The number of benzene rings is 1. The summed E-state index contributed by atoms with van der Waals surface area (Å²) < 4.78 is 1.95. The van der Waals surface area contributed by atoms with E-state index in [1.165, 1.54) is 4.90 Å². The first-order chi connectivity index (χ1) is 8.61. The number of nitrogens with zero attached hydrogens (tertiary/aromatic N) is 1. The smallest absolute Gasteiger partial charge is 0.152 e. The first-order valence-electron chi connectivity index (χ1n) is 6.12. The Morgan fingerprint density at radius 3 is 2.78 bits per heavy atom. The molecule has 1 aromatic carbocycles. The number of aliphatic hydroxyl groups excluding tert-OH is 1. The second kappa shape index (κ2) is 5.33. The zero-order valence-corrected chi connectivity index (χ0v) is 10.8. The summed E-state index contributed by atoms with van der Waals surface area (Å²) in [5.41, 5.74) is 1.67. The Bertz CT molecular complexity index is 546. The van der Waals surface area contributed by atoms with E-state index < -0.39 is 6.10 Å². The standard InChI is InChI=1S/C14H18N2O2/c1-15(2)8-12(18)9-16-7-11(10-17)13-5-3-4-6-14(13)16/h3-7,10,12,18H,8-9H2,1-2H3/p+1/t12-/m0/s1. The van der Waals surface area contributed by atoms with Crippen LogP contribution in [0.3, 0.4) is 0 Å². The third-order valence-electron chi connectivity index (χ3n) is 3.00. The van der Waals surface area contributed by atoms with E-state index in [-0.39, 0.29) is 0 Å². The SMILES string of the molecule is C[NH+](C)C[C@H](O)Cn1cc(C=O)c2ccccc21. The van der Waals surface area contributed by atoms with Gasteiger partial charge in [0.1, 0.15) is 12.6 Å². The molecule has 0 amide bonds. The lowest BCUT2D eigenvalue weighted by atomic mass is 10.2. The summed E-state index contributed by atoms with van der Waals surface area (Å²) in [5, 5.41) is 10.9. The Balaban J connectivity index is 2.30. The molecule has 0 spiro atoms. The monoisotopic (exact) mass is 247 g/mol. The van der Waals surface area contributed by atoms with Crippen molar-refractivity contribution in [3.05, 3.63) is 36.0 Å². The average Bonchev–Trinajstić information content (AvgIpc) is 2.67. The highest BCUT2D eigenvalue weighted by Crippen LogP contribution is 2.20. The zero-order valence-electron chi connectivity index (χ0n) is 10.8. The van der Waals surface area contributed by atoms with Crippen molar-refractivity contribution < 1.29 is 14.8 Å². The van der Waals surface area contributed by atoms with Crippen LogP contribution in [0, 0.1) is 0 Å². The minimum absolute atomic E-state index is 0.412. The fourth-order valence-electron chi connectivity index (χ4n) is 2.28. The zero-order chi connectivity index (χ0) is 13.1. The molecular formula is C14H19N2O2+. The fourth-order valence-corrected chi connectivity index (χ4v) is 2.28. The van der Waals surface area contributed by atoms with Crippen LogP contribution in [0.5, 0.6) is 0 Å². The van der Waals surface area contributed by atoms with Crippen molar-refractivity contribution in [2.45, 2.75) is 12.6 Å². The van der Waals surface area contributed by atoms with Gasteiger partial charge >= 0.3 is 0 Å². The van der Waals surface area contributed by atoms with E-state index in [2.05, 4.69) is 0 Å². The summed E-state index contributed by atoms with van der Waals surface area (Å²) in [6, 6.07) is 7.76. The molecule has 2 aromatic rings. The van der Waals surface area contributed by atoms with Gasteiger partial charge in [-0.05, 0) is 6.07 Å². The minimum Gasteiger partial charge on any atom is -0.385 e. The number of quaternary nitrogens is 1. The molecule has 0 saturated heterocycles. The highest BCUT2D eigenvalue weighted by Gasteiger charge is 2.13. The maximum atomic E-state index is 11.0. The number of nitrogens with one attached hydrogen (secondary N) is 1. The molecule has 0 fully saturated rings. The van der Waals surface area contributed by atoms with Crippen LogP contribution in [-0.4, -0.2) is 42.7 Å². The largest absolute Gasteiger partial charge is 0.385 e. The van der Waals surface area contributed by atoms with Gasteiger partial charge in [-0.1, -0.05) is 18.2 Å². The van der Waals surface area contributed by atoms with Gasteiger partial charge in [-0.3, -0.25) is 4.79 Å². The van der Waals surface area contributed by atoms with Gasteiger partial charge in [-0.2, -0.15) is 0 Å². The van der Waals surface area contributed by atoms with E-state index >= 15 is 0 Å². The third-order valence-corrected chi connectivity index (χ3v) is 3.00. The number of carbonyl (C=O) groups is 1. The minimum atomic E-state index is -0.412. The van der Waals surface area contributed by atoms with Crippen LogP contribution in [0.1, 0.15) is 10.4 Å². The first-order valence-corrected chi connectivity index (χ1v) is 6.12. The van der Waals surface area contributed by atoms with E-state index in [9.17, 15) is 9.90 Å². The Labute approximate surface area is 106 Å². The molecule has 0 radical (unpaired) electrons. The summed E-state index contributed by atoms with van der Waals surface area (Å²) in [5.74, 6) is 0. The van der Waals surface area contributed by atoms with Crippen molar-refractivity contribution in [3.63, 3.8) is 0 Å². The van der Waals surface area contributed by atoms with Gasteiger partial charge in [0, 0.05) is 22.7 Å². The topological polar surface area (TPSA) is 46.7 Å². The summed E-state index contributed by atoms with van der Waals surface area (Å²) in [4.78, 5) is 12.2. The van der Waals surface area contributed by atoms with Crippen molar-refractivity contribution in [3.8, 4) is 0 Å². The predicted molar refractivity (Wildman–Crippen MR) is 71.0 cm³/mol. The maximum Gasteiger partial charge on any atom is 0.152 e. The second-order valence-corrected chi connectivity index (χ2v) is 4.94. The van der Waals surface area contributed by atoms with E-state index in [1.54, 1.807) is 0 Å². The Kier molecular flexibility index (Phi) is 3.79. The maximum absolute atomic E-state index is 11.0. The Morgan fingerprint density at radius 2 is 2.11 bits per heavy atom. The van der Waals surface area contributed by atoms with Crippen LogP contribution in [0.15, 0.2) is 30.5 Å². The van der Waals surface area contributed by atoms with Crippen molar-refractivity contribution in [1.29, 1.82) is 0 Å². The number of hydrogen-bond acceptors (Lipinski definition) is 2. The molecule has 2 rings (SSSR count). The number of aliphatic hydroxyl groups is 1. The molecular weight excluding hydrogens is 228 g/mol. The number of para-hydroxylation sites is 1. The normalized spacial score (nSPS) is 13.1. The molecule has 18 heavy (non-hydrogen) atoms. The summed E-state index contributed by atoms with van der Waals surface area (Å²) in [6.45, 7) is 1.20. The van der Waals surface area contributed by atoms with Crippen LogP contribution >= 0.6 is 0 Å². The molecule has 1 atom stereocenters. The molecule has 0 aliphatic carbocycles. The summed E-state index contributed by atoms with van der Waals surface area (Å²) in [7, 11) is 4.02. The van der Waals surface area contributed by atoms with Crippen LogP contribution in [0.25, 0.3) is 10.9 Å². The summed E-state index contributed by atoms with van der Waals surface area (Å²) >= 11 is 0. The predicted octanol–water partition coefficient (Wildman–Crippen LogP) is -0.0408. The number of carbonyl (C=O) groups excluding carboxylic acids is 1. The number of likely N-dealkylation sites (N-methyl/N-ethyl adjacent to an activating group) is 1. The summed E-state index contributed by atoms with van der Waals surface area (Å²) in [6.07, 6.45) is 2.26. The highest BCUT2D eigenvalue weighted by molar-refractivity contribution is 5.97. The first kappa shape index (κ1) is 12.8. The van der Waals surface area contributed by atoms with Crippen molar-refractivity contribution in [2.24, 2.45) is 0 Å². The van der Waals surface area contributed by atoms with Gasteiger partial charge in [0.25, 0.3) is 0 Å². The molecule has 96 valence electrons. The van der Waals surface area contributed by atoms with Gasteiger partial charge in [0.05, 0.1) is 20.6 Å². The second-order valence-electron chi connectivity index (χ2n) is 4.94. The quantitative estimate of drug-likeness (QED) is 0.728. The van der Waals surface area contributed by atoms with Crippen molar-refractivity contribution >= 4 is 17.2 Å². The van der Waals surface area contributed by atoms with Gasteiger partial charge in [0.2, 0.25) is 0 Å². The third kappa shape index (κ3) is 2.60.